The summed E-state index contributed by atoms with van der Waals surface area (Å²) in [6.45, 7) is 2.24. The number of allylic oxidation sites excluding steroid dienone is 2. The monoisotopic (exact) mass is 353 g/mol. The zero-order chi connectivity index (χ0) is 18.4. The van der Waals surface area contributed by atoms with Crippen LogP contribution in [0.25, 0.3) is 0 Å². The van der Waals surface area contributed by atoms with Crippen molar-refractivity contribution in [1.29, 1.82) is 5.26 Å². The van der Waals surface area contributed by atoms with Crippen LogP contribution in [-0.4, -0.2) is 0 Å². The number of halogens is 1. The fraction of sp³-hybridized carbons (Fsp3) is 0.625. The van der Waals surface area contributed by atoms with E-state index in [-0.39, 0.29) is 5.92 Å². The van der Waals surface area contributed by atoms with Gasteiger partial charge in [0.15, 0.2) is 5.83 Å². The van der Waals surface area contributed by atoms with Crippen LogP contribution in [0.3, 0.4) is 0 Å². The van der Waals surface area contributed by atoms with Gasteiger partial charge in [-0.15, -0.1) is 0 Å². The second kappa shape index (κ2) is 9.36. The van der Waals surface area contributed by atoms with E-state index in [4.69, 9.17) is 5.26 Å². The average molecular weight is 354 g/mol. The van der Waals surface area contributed by atoms with Gasteiger partial charge in [0.25, 0.3) is 0 Å². The molecule has 1 aromatic rings. The Labute approximate surface area is 158 Å². The van der Waals surface area contributed by atoms with Crippen LogP contribution in [0.4, 0.5) is 4.39 Å². The van der Waals surface area contributed by atoms with Crippen molar-refractivity contribution in [2.24, 2.45) is 17.8 Å². The second-order valence-electron chi connectivity index (χ2n) is 8.40. The second-order valence-corrected chi connectivity index (χ2v) is 8.40. The van der Waals surface area contributed by atoms with Crippen LogP contribution in [0.2, 0.25) is 0 Å². The zero-order valence-corrected chi connectivity index (χ0v) is 16.1. The molecular formula is C24H32FN. The summed E-state index contributed by atoms with van der Waals surface area (Å²) in [7, 11) is 0. The molecule has 0 atom stereocenters. The highest BCUT2D eigenvalue weighted by atomic mass is 19.1. The van der Waals surface area contributed by atoms with Gasteiger partial charge in [0.1, 0.15) is 6.07 Å². The van der Waals surface area contributed by atoms with Gasteiger partial charge in [0.2, 0.25) is 0 Å². The third-order valence-corrected chi connectivity index (χ3v) is 6.73. The van der Waals surface area contributed by atoms with E-state index in [2.05, 4.69) is 31.2 Å². The number of benzene rings is 1. The maximum Gasteiger partial charge on any atom is 0.196 e. The molecule has 0 saturated heterocycles. The maximum atomic E-state index is 13.1. The Kier molecular flexibility index (Phi) is 6.89. The summed E-state index contributed by atoms with van der Waals surface area (Å²) in [5.41, 5.74) is 2.99. The van der Waals surface area contributed by atoms with Crippen molar-refractivity contribution >= 4 is 0 Å². The first-order chi connectivity index (χ1) is 12.7. The fourth-order valence-electron chi connectivity index (χ4n) is 5.20. The van der Waals surface area contributed by atoms with Gasteiger partial charge < -0.3 is 0 Å². The normalized spacial score (nSPS) is 30.0. The summed E-state index contributed by atoms with van der Waals surface area (Å²) in [6, 6.07) is 11.0. The van der Waals surface area contributed by atoms with E-state index in [1.807, 2.05) is 0 Å². The van der Waals surface area contributed by atoms with Crippen LogP contribution in [0, 0.1) is 29.1 Å². The molecule has 0 unspecified atom stereocenters. The predicted molar refractivity (Wildman–Crippen MR) is 105 cm³/mol. The van der Waals surface area contributed by atoms with E-state index >= 15 is 0 Å². The predicted octanol–water partition coefficient (Wildman–Crippen LogP) is 7.10. The average Bonchev–Trinajstić information content (AvgIpc) is 2.69. The third-order valence-electron chi connectivity index (χ3n) is 6.73. The molecule has 26 heavy (non-hydrogen) atoms. The lowest BCUT2D eigenvalue weighted by atomic mass is 9.68. The first-order valence-corrected chi connectivity index (χ1v) is 10.6. The van der Waals surface area contributed by atoms with E-state index < -0.39 is 5.83 Å². The Morgan fingerprint density at radius 3 is 2.12 bits per heavy atom. The lowest BCUT2D eigenvalue weighted by molar-refractivity contribution is 0.171. The standard InChI is InChI=1S/C24H32FN/c1-2-3-18-4-8-20(9-5-18)22-12-14-23(15-13-22)21-10-6-19(7-11-21)16-24(25)17-26/h4-5,8-9,16,19,21-23H,2-3,6-7,10-15H2,1H3. The van der Waals surface area contributed by atoms with Gasteiger partial charge in [0, 0.05) is 0 Å². The summed E-state index contributed by atoms with van der Waals surface area (Å²) in [6.07, 6.45) is 13.8. The van der Waals surface area contributed by atoms with Crippen molar-refractivity contribution in [2.75, 3.05) is 0 Å². The van der Waals surface area contributed by atoms with Crippen molar-refractivity contribution in [2.45, 2.75) is 77.0 Å². The van der Waals surface area contributed by atoms with Crippen molar-refractivity contribution in [1.82, 2.24) is 0 Å². The first-order valence-electron chi connectivity index (χ1n) is 10.6. The Bertz CT molecular complexity index is 623. The largest absolute Gasteiger partial charge is 0.196 e. The molecule has 0 aromatic heterocycles. The van der Waals surface area contributed by atoms with Crippen LogP contribution in [0.1, 0.15) is 81.8 Å². The topological polar surface area (TPSA) is 23.8 Å². The van der Waals surface area contributed by atoms with E-state index in [1.165, 1.54) is 62.5 Å². The number of hydrogen-bond donors (Lipinski definition) is 0. The van der Waals surface area contributed by atoms with Gasteiger partial charge in [-0.3, -0.25) is 0 Å². The first kappa shape index (κ1) is 19.2. The van der Waals surface area contributed by atoms with Crippen molar-refractivity contribution < 1.29 is 4.39 Å². The molecule has 0 radical (unpaired) electrons. The van der Waals surface area contributed by atoms with Crippen LogP contribution in [-0.2, 0) is 6.42 Å². The van der Waals surface area contributed by atoms with E-state index in [1.54, 1.807) is 12.1 Å². The molecule has 140 valence electrons. The Morgan fingerprint density at radius 1 is 1.00 bits per heavy atom. The highest BCUT2D eigenvalue weighted by molar-refractivity contribution is 5.26. The molecule has 2 saturated carbocycles. The zero-order valence-electron chi connectivity index (χ0n) is 16.1. The Balaban J connectivity index is 1.46. The molecule has 0 N–H and O–H groups in total. The molecule has 0 amide bonds. The summed E-state index contributed by atoms with van der Waals surface area (Å²) < 4.78 is 13.1. The smallest absolute Gasteiger partial charge is 0.195 e. The summed E-state index contributed by atoms with van der Waals surface area (Å²) in [4.78, 5) is 0. The number of hydrogen-bond acceptors (Lipinski definition) is 1. The van der Waals surface area contributed by atoms with E-state index in [9.17, 15) is 4.39 Å². The minimum Gasteiger partial charge on any atom is -0.195 e. The van der Waals surface area contributed by atoms with Gasteiger partial charge in [-0.25, -0.2) is 0 Å². The molecule has 0 heterocycles. The van der Waals surface area contributed by atoms with Crippen molar-refractivity contribution in [3.05, 3.63) is 47.3 Å². The summed E-state index contributed by atoms with van der Waals surface area (Å²) in [5, 5.41) is 8.59. The Hall–Kier alpha value is -1.62. The molecule has 2 heteroatoms. The van der Waals surface area contributed by atoms with E-state index in [0.29, 0.717) is 0 Å². The minimum absolute atomic E-state index is 0.281. The SMILES string of the molecule is CCCc1ccc(C2CCC(C3CCC(C=C(F)C#N)CC3)CC2)cc1. The van der Waals surface area contributed by atoms with Crippen LogP contribution in [0.5, 0.6) is 0 Å². The summed E-state index contributed by atoms with van der Waals surface area (Å²) >= 11 is 0. The van der Waals surface area contributed by atoms with Gasteiger partial charge in [-0.1, -0.05) is 37.6 Å². The van der Waals surface area contributed by atoms with Gasteiger partial charge in [-0.05, 0) is 98.7 Å². The Morgan fingerprint density at radius 2 is 1.58 bits per heavy atom. The molecule has 1 aromatic carbocycles. The van der Waals surface area contributed by atoms with Crippen LogP contribution < -0.4 is 0 Å². The highest BCUT2D eigenvalue weighted by Crippen LogP contribution is 2.44. The molecular weight excluding hydrogens is 321 g/mol. The molecule has 0 aliphatic heterocycles. The van der Waals surface area contributed by atoms with Gasteiger partial charge >= 0.3 is 0 Å². The van der Waals surface area contributed by atoms with Gasteiger partial charge in [0.05, 0.1) is 0 Å². The van der Waals surface area contributed by atoms with Gasteiger partial charge in [-0.2, -0.15) is 9.65 Å². The molecule has 0 spiro atoms. The number of nitriles is 1. The van der Waals surface area contributed by atoms with E-state index in [0.717, 1.165) is 30.6 Å². The lowest BCUT2D eigenvalue weighted by Gasteiger charge is -2.37. The van der Waals surface area contributed by atoms with Crippen molar-refractivity contribution in [3.63, 3.8) is 0 Å². The maximum absolute atomic E-state index is 13.1. The number of nitrogens with zero attached hydrogens (tertiary/aromatic N) is 1. The fourth-order valence-corrected chi connectivity index (χ4v) is 5.20. The van der Waals surface area contributed by atoms with Crippen LogP contribution in [0.15, 0.2) is 36.2 Å². The minimum atomic E-state index is -0.598. The molecule has 2 aliphatic carbocycles. The molecule has 1 nitrogen and oxygen atoms in total. The third kappa shape index (κ3) is 4.97. The lowest BCUT2D eigenvalue weighted by Crippen LogP contribution is -2.25. The number of aryl methyl sites for hydroxylation is 1. The number of rotatable bonds is 5. The van der Waals surface area contributed by atoms with Crippen LogP contribution >= 0.6 is 0 Å². The summed E-state index contributed by atoms with van der Waals surface area (Å²) in [5.74, 6) is 2.10. The molecule has 2 aliphatic rings. The quantitative estimate of drug-likeness (QED) is 0.518. The molecule has 3 rings (SSSR count). The molecule has 2 fully saturated rings. The highest BCUT2D eigenvalue weighted by Gasteiger charge is 2.31. The molecule has 0 bridgehead atoms. The van der Waals surface area contributed by atoms with Crippen molar-refractivity contribution in [3.8, 4) is 6.07 Å².